The first-order chi connectivity index (χ1) is 16.6. The third-order valence-corrected chi connectivity index (χ3v) is 6.16. The molecule has 3 aromatic carbocycles. The van der Waals surface area contributed by atoms with Crippen LogP contribution in [-0.4, -0.2) is 29.6 Å². The summed E-state index contributed by atoms with van der Waals surface area (Å²) in [6.07, 6.45) is -3.87. The maximum Gasteiger partial charge on any atom is 0.586 e. The number of anilines is 3. The van der Waals surface area contributed by atoms with Crippen LogP contribution in [-0.2, 0) is 10.0 Å². The fraction of sp³-hybridized carbons (Fsp3) is 0.0476. The zero-order valence-electron chi connectivity index (χ0n) is 17.3. The molecule has 14 heteroatoms. The molecule has 0 saturated carbocycles. The van der Waals surface area contributed by atoms with Crippen molar-refractivity contribution in [3.8, 4) is 11.5 Å². The summed E-state index contributed by atoms with van der Waals surface area (Å²) < 4.78 is 64.5. The third-order valence-electron chi connectivity index (χ3n) is 4.82. The molecule has 178 valence electrons. The Morgan fingerprint density at radius 3 is 2.31 bits per heavy atom. The van der Waals surface area contributed by atoms with Gasteiger partial charge in [0.05, 0.1) is 26.5 Å². The van der Waals surface area contributed by atoms with Crippen LogP contribution in [0.15, 0.2) is 71.6 Å². The van der Waals surface area contributed by atoms with Gasteiger partial charge < -0.3 is 14.8 Å². The van der Waals surface area contributed by atoms with Crippen molar-refractivity contribution in [2.75, 3.05) is 10.0 Å². The summed E-state index contributed by atoms with van der Waals surface area (Å²) in [5.41, 5.74) is 0.302. The molecular weight excluding hydrogens is 488 g/mol. The molecular formula is C21H13F2N5O6S. The molecule has 1 aromatic heterocycles. The molecule has 11 nitrogen and oxygen atoms in total. The second-order valence-corrected chi connectivity index (χ2v) is 8.88. The number of non-ortho nitro benzene ring substituents is 1. The van der Waals surface area contributed by atoms with E-state index in [9.17, 15) is 27.3 Å². The highest BCUT2D eigenvalue weighted by Crippen LogP contribution is 2.46. The lowest BCUT2D eigenvalue weighted by atomic mass is 10.2. The summed E-state index contributed by atoms with van der Waals surface area (Å²) in [4.78, 5) is 18.6. The second-order valence-electron chi connectivity index (χ2n) is 7.19. The average Bonchev–Trinajstić information content (AvgIpc) is 3.14. The number of sulfonamides is 1. The van der Waals surface area contributed by atoms with Crippen molar-refractivity contribution in [1.29, 1.82) is 0 Å². The minimum absolute atomic E-state index is 0.0139. The van der Waals surface area contributed by atoms with Crippen LogP contribution in [0.25, 0.3) is 11.0 Å². The monoisotopic (exact) mass is 501 g/mol. The molecule has 0 saturated heterocycles. The van der Waals surface area contributed by atoms with Crippen molar-refractivity contribution in [3.63, 3.8) is 0 Å². The lowest BCUT2D eigenvalue weighted by Crippen LogP contribution is -2.26. The first-order valence-electron chi connectivity index (χ1n) is 9.81. The van der Waals surface area contributed by atoms with Gasteiger partial charge in [0.2, 0.25) is 0 Å². The predicted octanol–water partition coefficient (Wildman–Crippen LogP) is 4.40. The highest BCUT2D eigenvalue weighted by molar-refractivity contribution is 7.92. The van der Waals surface area contributed by atoms with Crippen LogP contribution in [0.5, 0.6) is 11.5 Å². The van der Waals surface area contributed by atoms with E-state index in [1.807, 2.05) is 0 Å². The SMILES string of the molecule is O=[N+]([O-])c1cccc(S(=O)(=O)Nc2nc3ccccc3nc2Nc2cccc3c2OC(F)(F)O3)c1. The summed E-state index contributed by atoms with van der Waals surface area (Å²) in [6, 6.07) is 15.1. The maximum absolute atomic E-state index is 13.6. The third kappa shape index (κ3) is 4.33. The lowest BCUT2D eigenvalue weighted by molar-refractivity contribution is -0.385. The molecule has 0 amide bonds. The fourth-order valence-corrected chi connectivity index (χ4v) is 4.35. The summed E-state index contributed by atoms with van der Waals surface area (Å²) >= 11 is 0. The minimum atomic E-state index is -4.36. The topological polar surface area (TPSA) is 146 Å². The van der Waals surface area contributed by atoms with Crippen molar-refractivity contribution >= 4 is 44.1 Å². The fourth-order valence-electron chi connectivity index (χ4n) is 3.30. The summed E-state index contributed by atoms with van der Waals surface area (Å²) in [5.74, 6) is -0.948. The number of rotatable bonds is 6. The zero-order valence-corrected chi connectivity index (χ0v) is 18.1. The number of para-hydroxylation sites is 3. The molecule has 0 radical (unpaired) electrons. The first-order valence-corrected chi connectivity index (χ1v) is 11.3. The molecule has 2 heterocycles. The van der Waals surface area contributed by atoms with Gasteiger partial charge in [-0.3, -0.25) is 14.8 Å². The zero-order chi connectivity index (χ0) is 24.8. The van der Waals surface area contributed by atoms with Gasteiger partial charge in [-0.2, -0.15) is 0 Å². The number of fused-ring (bicyclic) bond motifs is 2. The molecule has 0 fully saturated rings. The lowest BCUT2D eigenvalue weighted by Gasteiger charge is -2.15. The van der Waals surface area contributed by atoms with E-state index in [1.54, 1.807) is 24.3 Å². The Morgan fingerprint density at radius 1 is 0.914 bits per heavy atom. The van der Waals surface area contributed by atoms with E-state index >= 15 is 0 Å². The van der Waals surface area contributed by atoms with Crippen LogP contribution in [0.2, 0.25) is 0 Å². The Hall–Kier alpha value is -4.59. The maximum atomic E-state index is 13.6. The molecule has 0 unspecified atom stereocenters. The smallest absolute Gasteiger partial charge is 0.395 e. The Morgan fingerprint density at radius 2 is 1.60 bits per heavy atom. The number of nitrogens with one attached hydrogen (secondary N) is 2. The van der Waals surface area contributed by atoms with Crippen molar-refractivity contribution in [1.82, 2.24) is 9.97 Å². The number of halogens is 2. The minimum Gasteiger partial charge on any atom is -0.395 e. The van der Waals surface area contributed by atoms with Gasteiger partial charge in [-0.05, 0) is 30.3 Å². The van der Waals surface area contributed by atoms with Crippen molar-refractivity contribution in [2.45, 2.75) is 11.2 Å². The Balaban J connectivity index is 1.58. The van der Waals surface area contributed by atoms with Crippen LogP contribution in [0.3, 0.4) is 0 Å². The quantitative estimate of drug-likeness (QED) is 0.290. The molecule has 4 aromatic rings. The number of aromatic nitrogens is 2. The Bertz CT molecular complexity index is 1600. The predicted molar refractivity (Wildman–Crippen MR) is 119 cm³/mol. The molecule has 1 aliphatic rings. The number of alkyl halides is 2. The molecule has 0 spiro atoms. The first kappa shape index (κ1) is 22.2. The van der Waals surface area contributed by atoms with Crippen LogP contribution in [0.1, 0.15) is 0 Å². The van der Waals surface area contributed by atoms with E-state index in [2.05, 4.69) is 29.5 Å². The van der Waals surface area contributed by atoms with Gasteiger partial charge in [0.1, 0.15) is 0 Å². The number of benzene rings is 3. The van der Waals surface area contributed by atoms with Gasteiger partial charge in [-0.15, -0.1) is 8.78 Å². The van der Waals surface area contributed by atoms with Crippen molar-refractivity contribution < 1.29 is 31.6 Å². The van der Waals surface area contributed by atoms with E-state index < -0.39 is 26.9 Å². The van der Waals surface area contributed by atoms with E-state index in [4.69, 9.17) is 0 Å². The standard InChI is InChI=1S/C21H13F2N5O6S/c22-21(23)33-17-10-4-9-16(18(17)34-21)26-19-20(25-15-8-2-1-7-14(15)24-19)27-35(31,32)13-6-3-5-12(11-13)28(29)30/h1-11H,(H,24,26)(H,25,27). The van der Waals surface area contributed by atoms with Gasteiger partial charge >= 0.3 is 6.29 Å². The molecule has 0 atom stereocenters. The number of nitro benzene ring substituents is 1. The van der Waals surface area contributed by atoms with Crippen LogP contribution >= 0.6 is 0 Å². The van der Waals surface area contributed by atoms with Gasteiger partial charge in [-0.1, -0.05) is 24.3 Å². The molecule has 1 aliphatic heterocycles. The van der Waals surface area contributed by atoms with E-state index in [1.165, 1.54) is 30.3 Å². The van der Waals surface area contributed by atoms with Crippen LogP contribution in [0, 0.1) is 10.1 Å². The second kappa shape index (κ2) is 8.02. The highest BCUT2D eigenvalue weighted by Gasteiger charge is 2.44. The van der Waals surface area contributed by atoms with Crippen molar-refractivity contribution in [2.24, 2.45) is 0 Å². The van der Waals surface area contributed by atoms with Gasteiger partial charge in [0, 0.05) is 12.1 Å². The normalized spacial score (nSPS) is 14.0. The largest absolute Gasteiger partial charge is 0.586 e. The Labute approximate surface area is 195 Å². The summed E-state index contributed by atoms with van der Waals surface area (Å²) in [5, 5.41) is 13.8. The van der Waals surface area contributed by atoms with Gasteiger partial charge in [0.15, 0.2) is 23.1 Å². The summed E-state index contributed by atoms with van der Waals surface area (Å²) in [7, 11) is -4.36. The van der Waals surface area contributed by atoms with E-state index in [-0.39, 0.29) is 33.7 Å². The van der Waals surface area contributed by atoms with E-state index in [0.717, 1.165) is 12.1 Å². The number of nitrogens with zero attached hydrogens (tertiary/aromatic N) is 3. The average molecular weight is 501 g/mol. The van der Waals surface area contributed by atoms with Gasteiger partial charge in [0.25, 0.3) is 15.7 Å². The summed E-state index contributed by atoms with van der Waals surface area (Å²) in [6.45, 7) is 0. The molecule has 35 heavy (non-hydrogen) atoms. The number of hydrogen-bond donors (Lipinski definition) is 2. The molecule has 5 rings (SSSR count). The van der Waals surface area contributed by atoms with E-state index in [0.29, 0.717) is 11.0 Å². The number of ether oxygens (including phenoxy) is 2. The van der Waals surface area contributed by atoms with Crippen molar-refractivity contribution in [3.05, 3.63) is 76.8 Å². The number of hydrogen-bond acceptors (Lipinski definition) is 9. The van der Waals surface area contributed by atoms with Crippen LogP contribution < -0.4 is 19.5 Å². The number of nitro groups is 1. The molecule has 0 bridgehead atoms. The highest BCUT2D eigenvalue weighted by atomic mass is 32.2. The Kier molecular flexibility index (Phi) is 5.09. The van der Waals surface area contributed by atoms with Crippen LogP contribution in [0.4, 0.5) is 31.8 Å². The molecule has 0 aliphatic carbocycles. The molecule has 2 N–H and O–H groups in total. The van der Waals surface area contributed by atoms with Gasteiger partial charge in [-0.25, -0.2) is 18.4 Å².